The summed E-state index contributed by atoms with van der Waals surface area (Å²) in [4.78, 5) is 103. The van der Waals surface area contributed by atoms with Gasteiger partial charge in [0.05, 0.1) is 146 Å². The quantitative estimate of drug-likeness (QED) is 0.0233. The number of H-pyrrole nitrogens is 4. The third-order valence-corrected chi connectivity index (χ3v) is 24.6. The molecule has 0 aromatic carbocycles. The summed E-state index contributed by atoms with van der Waals surface area (Å²) in [5, 5.41) is 55.2. The summed E-state index contributed by atoms with van der Waals surface area (Å²) < 4.78 is 120. The number of anilines is 4. The minimum atomic E-state index is -4.80. The number of alkyl halides is 3. The van der Waals surface area contributed by atoms with E-state index in [1.165, 1.54) is 48.3 Å². The molecule has 0 radical (unpaired) electrons. The van der Waals surface area contributed by atoms with Crippen molar-refractivity contribution in [2.45, 2.75) is 146 Å². The Morgan fingerprint density at radius 3 is 1.11 bits per heavy atom. The van der Waals surface area contributed by atoms with Gasteiger partial charge in [0.1, 0.15) is 81.9 Å². The maximum Gasteiger partial charge on any atom is 0.433 e. The van der Waals surface area contributed by atoms with Crippen LogP contribution >= 0.6 is 0 Å². The molecule has 4 amide bonds. The number of morpholine rings is 2. The van der Waals surface area contributed by atoms with Crippen molar-refractivity contribution in [3.05, 3.63) is 201 Å². The lowest BCUT2D eigenvalue weighted by Crippen LogP contribution is -2.50. The van der Waals surface area contributed by atoms with Crippen molar-refractivity contribution in [2.24, 2.45) is 0 Å². The van der Waals surface area contributed by atoms with E-state index < -0.39 is 53.0 Å². The Hall–Kier alpha value is -15.8. The van der Waals surface area contributed by atoms with Gasteiger partial charge in [-0.3, -0.25) is 98.0 Å². The molecule has 45 nitrogen and oxygen atoms in total. The van der Waals surface area contributed by atoms with Crippen molar-refractivity contribution < 1.29 is 77.7 Å². The second kappa shape index (κ2) is 42.4. The Morgan fingerprint density at radius 2 is 0.771 bits per heavy atom. The van der Waals surface area contributed by atoms with E-state index in [9.17, 15) is 41.1 Å². The fourth-order valence-corrected chi connectivity index (χ4v) is 17.2. The maximum absolute atomic E-state index is 14.8. The van der Waals surface area contributed by atoms with Crippen LogP contribution in [0.2, 0.25) is 0 Å². The van der Waals surface area contributed by atoms with Crippen molar-refractivity contribution in [2.75, 3.05) is 87.1 Å². The molecule has 18 heterocycles. The van der Waals surface area contributed by atoms with Crippen LogP contribution < -0.4 is 21.3 Å². The number of rotatable bonds is 26. The second-order valence-corrected chi connectivity index (χ2v) is 33.4. The third-order valence-electron chi connectivity index (χ3n) is 24.6. The molecule has 6 aliphatic rings. The standard InChI is InChI=1S/C24H23F4N7O3.C22H23FN8O3.2C22H23N9O3/c1-2-37-15-5-3-14(4-6-15)35-11-17(21(34-35)20-16(25)7-8-19(33-20)24(26,27)28)31-22(36)18-12-38-23(32-18)13-9-29-30-10-13;1-2-33-14-5-3-13(4-6-14)31-11-17(19(30-31)16-10-24-7-8-25-16)27-21(32)18-12-34-22(28-18)15-9-26-29-20(15)23;2*32-21(19-13-34-22(28-19)14-9-25-26-10-14)27-18-12-31(29-20(18)17-11-23-1-2-24-17)16-7-15(8-16)30-3-5-33-6-4-30/h7-12,14-15H,2-6H2,1H3,(H,29,30)(H,31,36);7-14H,2-6H2,1H3,(H,26,29)(H,27,32);2*1-2,9-13,15-16H,3-8H2,(H,25,26)(H,27,32). The first-order valence-corrected chi connectivity index (χ1v) is 45.3. The number of nitrogens with one attached hydrogen (secondary N) is 8. The molecule has 50 heteroatoms. The van der Waals surface area contributed by atoms with Crippen LogP contribution in [0.4, 0.5) is 44.7 Å². The van der Waals surface area contributed by atoms with Crippen LogP contribution in [0, 0.1) is 11.8 Å². The van der Waals surface area contributed by atoms with Crippen LogP contribution in [0.5, 0.6) is 0 Å². The van der Waals surface area contributed by atoms with E-state index in [4.69, 9.17) is 51.9 Å². The number of carbonyl (C=O) groups excluding carboxylic acids is 4. The highest BCUT2D eigenvalue weighted by Gasteiger charge is 2.41. The minimum absolute atomic E-state index is 0.00864. The van der Waals surface area contributed by atoms with Gasteiger partial charge in [-0.05, 0) is 103 Å². The van der Waals surface area contributed by atoms with Crippen molar-refractivity contribution in [3.8, 4) is 91.4 Å². The average molecular weight is 1920 g/mol. The first-order chi connectivity index (χ1) is 68.3. The summed E-state index contributed by atoms with van der Waals surface area (Å²) in [6.45, 7) is 12.3. The molecule has 0 atom stereocenters. The molecule has 8 N–H and O–H groups in total. The highest BCUT2D eigenvalue weighted by Crippen LogP contribution is 2.43. The number of oxazole rings is 4. The van der Waals surface area contributed by atoms with E-state index in [2.05, 4.69) is 132 Å². The largest absolute Gasteiger partial charge is 0.444 e. The zero-order chi connectivity index (χ0) is 96.2. The second-order valence-electron chi connectivity index (χ2n) is 33.4. The summed E-state index contributed by atoms with van der Waals surface area (Å²) in [5.41, 5.74) is 4.81. The number of amides is 4. The van der Waals surface area contributed by atoms with Gasteiger partial charge in [0, 0.05) is 132 Å². The van der Waals surface area contributed by atoms with E-state index in [0.29, 0.717) is 130 Å². The smallest absolute Gasteiger partial charge is 0.433 e. The molecule has 0 unspecified atom stereocenters. The number of pyridine rings is 1. The zero-order valence-corrected chi connectivity index (χ0v) is 75.2. The molecule has 16 aromatic heterocycles. The fourth-order valence-electron chi connectivity index (χ4n) is 17.2. The molecule has 6 fully saturated rings. The van der Waals surface area contributed by atoms with Gasteiger partial charge in [0.15, 0.2) is 28.6 Å². The van der Waals surface area contributed by atoms with Crippen molar-refractivity contribution in [1.82, 2.24) is 145 Å². The van der Waals surface area contributed by atoms with Crippen molar-refractivity contribution in [3.63, 3.8) is 0 Å². The average Bonchev–Trinajstić information content (AvgIpc) is 1.63. The van der Waals surface area contributed by atoms with Crippen LogP contribution in [0.15, 0.2) is 179 Å². The lowest BCUT2D eigenvalue weighted by Gasteiger charge is -2.44. The van der Waals surface area contributed by atoms with Gasteiger partial charge in [0.25, 0.3) is 23.6 Å². The number of ether oxygens (including phenoxy) is 4. The lowest BCUT2D eigenvalue weighted by atomic mass is 9.85. The minimum Gasteiger partial charge on any atom is -0.444 e. The third kappa shape index (κ3) is 21.6. The predicted molar refractivity (Wildman–Crippen MR) is 483 cm³/mol. The predicted octanol–water partition coefficient (Wildman–Crippen LogP) is 12.9. The van der Waals surface area contributed by atoms with Gasteiger partial charge in [-0.1, -0.05) is 0 Å². The normalized spacial score (nSPS) is 19.4. The van der Waals surface area contributed by atoms with Crippen LogP contribution in [0.3, 0.4) is 0 Å². The molecule has 2 aliphatic heterocycles. The van der Waals surface area contributed by atoms with E-state index in [1.807, 2.05) is 40.3 Å². The summed E-state index contributed by atoms with van der Waals surface area (Å²) in [6.07, 6.45) is 43.2. The Morgan fingerprint density at radius 1 is 0.414 bits per heavy atom. The van der Waals surface area contributed by atoms with Crippen LogP contribution in [0.25, 0.3) is 91.4 Å². The molecule has 22 rings (SSSR count). The van der Waals surface area contributed by atoms with Crippen LogP contribution in [-0.4, -0.2) is 258 Å². The van der Waals surface area contributed by atoms with E-state index in [-0.39, 0.29) is 87.9 Å². The first-order valence-electron chi connectivity index (χ1n) is 45.3. The molecule has 16 aromatic rings. The number of aromatic nitrogens is 27. The Kier molecular flexibility index (Phi) is 28.3. The SMILES string of the molecule is CCOC1CCC(n2cc(NC(=O)c3coc(-c4cn[nH]c4)n3)c(-c3nc(C(F)(F)F)ccc3F)n2)CC1.CCOC1CCC(n2cc(NC(=O)c3coc(-c4cn[nH]c4F)n3)c(-c3cnccn3)n2)CC1.O=C(Nc1cn(C2CC(N3CCOCC3)C2)nc1-c1cnccn1)c1coc(-c2cn[nH]c2)n1.O=C(Nc1cn(C2CC(N3CCOCC3)C2)nc1-c1cnccn1)c1coc(-c2cn[nH]c2)n1. The summed E-state index contributed by atoms with van der Waals surface area (Å²) in [6, 6.07) is 2.88. The monoisotopic (exact) mass is 1920 g/mol. The van der Waals surface area contributed by atoms with E-state index >= 15 is 0 Å². The Balaban J connectivity index is 0.000000119. The molecule has 2 saturated heterocycles. The summed E-state index contributed by atoms with van der Waals surface area (Å²) >= 11 is 0. The molecule has 724 valence electrons. The van der Waals surface area contributed by atoms with Gasteiger partial charge in [-0.15, -0.1) is 0 Å². The highest BCUT2D eigenvalue weighted by atomic mass is 19.4. The number of nitrogens with zero attached hydrogens (tertiary/aromatic N) is 25. The Bertz CT molecular complexity index is 6600. The van der Waals surface area contributed by atoms with Gasteiger partial charge in [-0.25, -0.2) is 29.3 Å². The number of hydrogen-bond donors (Lipinski definition) is 8. The highest BCUT2D eigenvalue weighted by molar-refractivity contribution is 6.07. The zero-order valence-electron chi connectivity index (χ0n) is 75.2. The molecule has 0 spiro atoms. The Labute approximate surface area is 790 Å². The van der Waals surface area contributed by atoms with E-state index in [0.717, 1.165) is 123 Å². The molecule has 140 heavy (non-hydrogen) atoms. The molecular formula is C90H92F5N33O12. The number of halogens is 5. The van der Waals surface area contributed by atoms with Crippen molar-refractivity contribution in [1.29, 1.82) is 0 Å². The maximum atomic E-state index is 14.8. The molecule has 4 aliphatic carbocycles. The van der Waals surface area contributed by atoms with E-state index in [1.54, 1.807) is 86.8 Å². The number of hydrogen-bond acceptors (Lipinski definition) is 33. The van der Waals surface area contributed by atoms with Crippen LogP contribution in [-0.2, 0) is 25.1 Å². The van der Waals surface area contributed by atoms with Gasteiger partial charge in [-0.2, -0.15) is 58.4 Å². The summed E-state index contributed by atoms with van der Waals surface area (Å²) in [5.74, 6) is -3.04. The van der Waals surface area contributed by atoms with Crippen molar-refractivity contribution >= 4 is 46.4 Å². The number of carbonyl (C=O) groups is 4. The summed E-state index contributed by atoms with van der Waals surface area (Å²) in [7, 11) is 0. The first kappa shape index (κ1) is 93.2. The van der Waals surface area contributed by atoms with Gasteiger partial charge >= 0.3 is 6.18 Å². The molecule has 4 saturated carbocycles. The molecular weight excluding hydrogens is 1830 g/mol. The lowest BCUT2D eigenvalue weighted by molar-refractivity contribution is -0.141. The number of aromatic amines is 4. The van der Waals surface area contributed by atoms with Crippen LogP contribution in [0.1, 0.15) is 163 Å². The fraction of sp³-hybridized carbons (Fsp3) is 0.367. The van der Waals surface area contributed by atoms with Gasteiger partial charge < -0.3 is 57.9 Å². The topological polar surface area (TPSA) is 540 Å². The molecule has 0 bridgehead atoms. The van der Waals surface area contributed by atoms with Gasteiger partial charge in [0.2, 0.25) is 29.5 Å².